The number of hydrogen-bond donors (Lipinski definition) is 3. The number of fused-ring (bicyclic) bond motifs is 1. The van der Waals surface area contributed by atoms with Crippen LogP contribution in [0.2, 0.25) is 10.0 Å². The zero-order chi connectivity index (χ0) is 20.0. The van der Waals surface area contributed by atoms with E-state index in [1.54, 1.807) is 30.3 Å². The van der Waals surface area contributed by atoms with Gasteiger partial charge < -0.3 is 14.9 Å². The number of nitrogens with zero attached hydrogens (tertiary/aromatic N) is 1. The van der Waals surface area contributed by atoms with E-state index < -0.39 is 17.2 Å². The molecule has 1 atom stereocenters. The molecule has 0 aliphatic carbocycles. The van der Waals surface area contributed by atoms with E-state index in [4.69, 9.17) is 38.1 Å². The van der Waals surface area contributed by atoms with Crippen LogP contribution < -0.4 is 21.7 Å². The fourth-order valence-corrected chi connectivity index (χ4v) is 3.28. The van der Waals surface area contributed by atoms with Crippen LogP contribution in [-0.2, 0) is 0 Å². The molecular formula is C18H10Cl2N4O4. The van der Waals surface area contributed by atoms with Gasteiger partial charge in [0.25, 0.3) is 5.56 Å². The maximum absolute atomic E-state index is 12.4. The molecule has 4 N–H and O–H groups in total. The number of allylic oxidation sites excluding steroid dienone is 1. The van der Waals surface area contributed by atoms with Gasteiger partial charge in [-0.25, -0.2) is 4.79 Å². The van der Waals surface area contributed by atoms with Gasteiger partial charge in [0.1, 0.15) is 23.2 Å². The number of aromatic nitrogens is 2. The summed E-state index contributed by atoms with van der Waals surface area (Å²) in [5.41, 5.74) is 5.00. The second kappa shape index (κ2) is 6.64. The van der Waals surface area contributed by atoms with Crippen LogP contribution in [0.5, 0.6) is 5.88 Å². The first-order valence-corrected chi connectivity index (χ1v) is 8.64. The average Bonchev–Trinajstić information content (AvgIpc) is 3.12. The smallest absolute Gasteiger partial charge is 0.328 e. The molecule has 2 aromatic heterocycles. The Kier molecular flexibility index (Phi) is 4.26. The van der Waals surface area contributed by atoms with E-state index in [0.717, 1.165) is 0 Å². The Morgan fingerprint density at radius 1 is 1.11 bits per heavy atom. The number of nitrogens with two attached hydrogens (primary N) is 1. The third-order valence-electron chi connectivity index (χ3n) is 4.23. The Hall–Kier alpha value is -3.41. The summed E-state index contributed by atoms with van der Waals surface area (Å²) in [4.78, 5) is 28.4. The van der Waals surface area contributed by atoms with E-state index in [9.17, 15) is 14.9 Å². The molecule has 10 heteroatoms. The van der Waals surface area contributed by atoms with Crippen molar-refractivity contribution in [1.82, 2.24) is 9.97 Å². The lowest BCUT2D eigenvalue weighted by molar-refractivity contribution is 0.365. The number of rotatable bonds is 2. The molecule has 0 bridgehead atoms. The summed E-state index contributed by atoms with van der Waals surface area (Å²) in [6.45, 7) is 0. The molecule has 1 aliphatic rings. The lowest BCUT2D eigenvalue weighted by Crippen LogP contribution is -2.33. The fourth-order valence-electron chi connectivity index (χ4n) is 2.99. The van der Waals surface area contributed by atoms with Crippen LogP contribution >= 0.6 is 23.2 Å². The predicted octanol–water partition coefficient (Wildman–Crippen LogP) is 2.85. The van der Waals surface area contributed by atoms with Crippen LogP contribution in [0.25, 0.3) is 11.3 Å². The Labute approximate surface area is 166 Å². The number of ether oxygens (including phenoxy) is 1. The molecule has 8 nitrogen and oxygen atoms in total. The van der Waals surface area contributed by atoms with E-state index in [0.29, 0.717) is 21.4 Å². The van der Waals surface area contributed by atoms with Gasteiger partial charge in [0.2, 0.25) is 11.8 Å². The molecule has 3 heterocycles. The van der Waals surface area contributed by atoms with Crippen molar-refractivity contribution in [3.05, 3.63) is 84.0 Å². The van der Waals surface area contributed by atoms with Crippen molar-refractivity contribution in [2.24, 2.45) is 5.73 Å². The van der Waals surface area contributed by atoms with Gasteiger partial charge in [-0.3, -0.25) is 14.8 Å². The third kappa shape index (κ3) is 2.87. The largest absolute Gasteiger partial charge is 0.460 e. The summed E-state index contributed by atoms with van der Waals surface area (Å²) >= 11 is 12.0. The normalized spacial score (nSPS) is 15.7. The zero-order valence-corrected chi connectivity index (χ0v) is 15.4. The summed E-state index contributed by atoms with van der Waals surface area (Å²) in [6, 6.07) is 10.2. The predicted molar refractivity (Wildman–Crippen MR) is 101 cm³/mol. The Morgan fingerprint density at radius 2 is 1.89 bits per heavy atom. The first-order valence-electron chi connectivity index (χ1n) is 7.88. The van der Waals surface area contributed by atoms with Gasteiger partial charge in [-0.05, 0) is 30.3 Å². The quantitative estimate of drug-likeness (QED) is 0.586. The second-order valence-corrected chi connectivity index (χ2v) is 6.72. The van der Waals surface area contributed by atoms with Crippen LogP contribution in [0.3, 0.4) is 0 Å². The molecule has 140 valence electrons. The number of benzene rings is 1. The van der Waals surface area contributed by atoms with Gasteiger partial charge in [-0.15, -0.1) is 0 Å². The Bertz CT molecular complexity index is 1300. The molecule has 0 spiro atoms. The number of nitriles is 1. The van der Waals surface area contributed by atoms with Crippen LogP contribution in [0.4, 0.5) is 0 Å². The highest BCUT2D eigenvalue weighted by molar-refractivity contribution is 6.42. The number of nitrogens with one attached hydrogen (secondary N) is 2. The molecule has 1 aliphatic heterocycles. The highest BCUT2D eigenvalue weighted by atomic mass is 35.5. The molecule has 0 saturated heterocycles. The number of H-pyrrole nitrogens is 2. The molecule has 0 fully saturated rings. The minimum absolute atomic E-state index is 0.0138. The molecule has 0 radical (unpaired) electrons. The minimum atomic E-state index is -0.953. The lowest BCUT2D eigenvalue weighted by atomic mass is 9.89. The van der Waals surface area contributed by atoms with Crippen LogP contribution in [0, 0.1) is 11.3 Å². The summed E-state index contributed by atoms with van der Waals surface area (Å²) in [6.07, 6.45) is 0. The van der Waals surface area contributed by atoms with Crippen molar-refractivity contribution in [2.45, 2.75) is 5.92 Å². The van der Waals surface area contributed by atoms with Gasteiger partial charge in [0.05, 0.1) is 21.5 Å². The van der Waals surface area contributed by atoms with Gasteiger partial charge >= 0.3 is 5.69 Å². The highest BCUT2D eigenvalue weighted by Crippen LogP contribution is 2.40. The SMILES string of the molecule is N#CC1=C(N)Oc2[nH]c(=O)[nH]c(=O)c2C1c1ccc(-c2ccc(Cl)c(Cl)c2)o1. The van der Waals surface area contributed by atoms with E-state index in [2.05, 4.69) is 9.97 Å². The summed E-state index contributed by atoms with van der Waals surface area (Å²) in [5.74, 6) is -0.608. The van der Waals surface area contributed by atoms with Crippen LogP contribution in [0.15, 0.2) is 55.8 Å². The number of furan rings is 1. The van der Waals surface area contributed by atoms with E-state index in [-0.39, 0.29) is 28.7 Å². The van der Waals surface area contributed by atoms with E-state index >= 15 is 0 Å². The average molecular weight is 417 g/mol. The van der Waals surface area contributed by atoms with Crippen molar-refractivity contribution in [3.8, 4) is 23.3 Å². The Balaban J connectivity index is 1.88. The molecule has 3 aromatic rings. The molecule has 0 amide bonds. The standard InChI is InChI=1S/C18H10Cl2N4O4/c19-9-2-1-7(5-10(9)20)11-3-4-12(27-11)13-8(6-21)15(22)28-17-14(13)16(25)23-18(26)24-17/h1-5,13H,22H2,(H2,23,24,25,26). The first kappa shape index (κ1) is 18.0. The minimum Gasteiger partial charge on any atom is -0.460 e. The second-order valence-electron chi connectivity index (χ2n) is 5.91. The zero-order valence-electron chi connectivity index (χ0n) is 13.9. The maximum Gasteiger partial charge on any atom is 0.328 e. The van der Waals surface area contributed by atoms with Gasteiger partial charge in [-0.2, -0.15) is 5.26 Å². The van der Waals surface area contributed by atoms with E-state index in [1.807, 2.05) is 6.07 Å². The fraction of sp³-hybridized carbons (Fsp3) is 0.0556. The summed E-state index contributed by atoms with van der Waals surface area (Å²) < 4.78 is 11.1. The van der Waals surface area contributed by atoms with Gasteiger partial charge in [-0.1, -0.05) is 23.2 Å². The van der Waals surface area contributed by atoms with Gasteiger partial charge in [0.15, 0.2) is 0 Å². The first-order chi connectivity index (χ1) is 13.4. The number of halogens is 2. The van der Waals surface area contributed by atoms with Crippen molar-refractivity contribution < 1.29 is 9.15 Å². The molecule has 1 unspecified atom stereocenters. The van der Waals surface area contributed by atoms with Crippen LogP contribution in [0.1, 0.15) is 17.2 Å². The summed E-state index contributed by atoms with van der Waals surface area (Å²) in [7, 11) is 0. The van der Waals surface area contributed by atoms with Crippen molar-refractivity contribution >= 4 is 23.2 Å². The Morgan fingerprint density at radius 3 is 2.61 bits per heavy atom. The number of hydrogen-bond acceptors (Lipinski definition) is 6. The topological polar surface area (TPSA) is 138 Å². The molecular weight excluding hydrogens is 407 g/mol. The van der Waals surface area contributed by atoms with Crippen molar-refractivity contribution in [2.75, 3.05) is 0 Å². The van der Waals surface area contributed by atoms with Crippen LogP contribution in [-0.4, -0.2) is 9.97 Å². The lowest BCUT2D eigenvalue weighted by Gasteiger charge is -2.22. The van der Waals surface area contributed by atoms with Gasteiger partial charge in [0, 0.05) is 5.56 Å². The molecule has 28 heavy (non-hydrogen) atoms. The molecule has 1 aromatic carbocycles. The molecule has 4 rings (SSSR count). The maximum atomic E-state index is 12.4. The number of aromatic amines is 2. The third-order valence-corrected chi connectivity index (χ3v) is 4.97. The monoisotopic (exact) mass is 416 g/mol. The van der Waals surface area contributed by atoms with E-state index in [1.165, 1.54) is 0 Å². The molecule has 0 saturated carbocycles. The van der Waals surface area contributed by atoms with Crippen molar-refractivity contribution in [1.29, 1.82) is 5.26 Å². The van der Waals surface area contributed by atoms with Crippen molar-refractivity contribution in [3.63, 3.8) is 0 Å². The summed E-state index contributed by atoms with van der Waals surface area (Å²) in [5, 5.41) is 10.3. The highest BCUT2D eigenvalue weighted by Gasteiger charge is 2.36.